The second-order valence-electron chi connectivity index (χ2n) is 9.02. The third kappa shape index (κ3) is 6.69. The Labute approximate surface area is 188 Å². The van der Waals surface area contributed by atoms with Crippen LogP contribution in [0, 0.1) is 11.8 Å². The summed E-state index contributed by atoms with van der Waals surface area (Å²) >= 11 is 0. The Kier molecular flexibility index (Phi) is 8.54. The zero-order valence-corrected chi connectivity index (χ0v) is 19.0. The second-order valence-corrected chi connectivity index (χ2v) is 9.02. The molecule has 0 aromatic carbocycles. The van der Waals surface area contributed by atoms with Gasteiger partial charge in [0.1, 0.15) is 24.6 Å². The van der Waals surface area contributed by atoms with Crippen molar-refractivity contribution >= 4 is 11.6 Å². The summed E-state index contributed by atoms with van der Waals surface area (Å²) in [5.41, 5.74) is -0.220. The number of allylic oxidation sites excluding steroid dienone is 3. The van der Waals surface area contributed by atoms with Gasteiger partial charge < -0.3 is 10.2 Å². The van der Waals surface area contributed by atoms with Gasteiger partial charge >= 0.3 is 6.18 Å². The van der Waals surface area contributed by atoms with Crippen molar-refractivity contribution in [2.75, 3.05) is 23.3 Å². The summed E-state index contributed by atoms with van der Waals surface area (Å²) in [6, 6.07) is 0.250. The molecule has 2 saturated carbocycles. The van der Waals surface area contributed by atoms with Crippen molar-refractivity contribution in [1.82, 2.24) is 9.97 Å². The van der Waals surface area contributed by atoms with Gasteiger partial charge in [-0.25, -0.2) is 14.4 Å². The Morgan fingerprint density at radius 3 is 2.47 bits per heavy atom. The van der Waals surface area contributed by atoms with Crippen LogP contribution in [0.4, 0.5) is 29.2 Å². The average Bonchev–Trinajstić information content (AvgIpc) is 3.60. The normalized spacial score (nSPS) is 22.4. The first kappa shape index (κ1) is 24.5. The van der Waals surface area contributed by atoms with Crippen molar-refractivity contribution in [3.63, 3.8) is 0 Å². The number of aromatic nitrogens is 2. The first-order chi connectivity index (χ1) is 15.3. The van der Waals surface area contributed by atoms with Crippen LogP contribution >= 0.6 is 0 Å². The first-order valence-corrected chi connectivity index (χ1v) is 11.6. The molecule has 1 aromatic rings. The van der Waals surface area contributed by atoms with Gasteiger partial charge in [0.05, 0.1) is 11.1 Å². The number of alkyl halides is 4. The van der Waals surface area contributed by atoms with Crippen LogP contribution in [0.5, 0.6) is 0 Å². The summed E-state index contributed by atoms with van der Waals surface area (Å²) in [6.45, 7) is 4.23. The number of hydrogen-bond donors (Lipinski definition) is 1. The largest absolute Gasteiger partial charge is 0.416 e. The summed E-state index contributed by atoms with van der Waals surface area (Å²) < 4.78 is 52.7. The quantitative estimate of drug-likeness (QED) is 0.319. The van der Waals surface area contributed by atoms with E-state index in [1.165, 1.54) is 45.0 Å². The molecule has 4 nitrogen and oxygen atoms in total. The molecular formula is C24H34F4N4. The van der Waals surface area contributed by atoms with Crippen LogP contribution in [0.1, 0.15) is 64.4 Å². The van der Waals surface area contributed by atoms with Gasteiger partial charge in [-0.1, -0.05) is 38.0 Å². The fourth-order valence-corrected chi connectivity index (χ4v) is 4.33. The fourth-order valence-electron chi connectivity index (χ4n) is 4.33. The molecule has 0 amide bonds. The molecule has 0 bridgehead atoms. The van der Waals surface area contributed by atoms with Gasteiger partial charge in [-0.3, -0.25) is 0 Å². The van der Waals surface area contributed by atoms with Gasteiger partial charge in [0.2, 0.25) is 0 Å². The van der Waals surface area contributed by atoms with Crippen LogP contribution in [0.15, 0.2) is 30.1 Å². The fraction of sp³-hybridized carbons (Fsp3) is 0.667. The smallest absolute Gasteiger partial charge is 0.369 e. The minimum atomic E-state index is -4.35. The Morgan fingerprint density at radius 2 is 1.88 bits per heavy atom. The molecule has 0 spiro atoms. The molecule has 1 heterocycles. The van der Waals surface area contributed by atoms with Crippen molar-refractivity contribution in [3.8, 4) is 0 Å². The number of hydrogen-bond acceptors (Lipinski definition) is 4. The molecule has 2 aliphatic carbocycles. The average molecular weight is 455 g/mol. The third-order valence-electron chi connectivity index (χ3n) is 6.48. The topological polar surface area (TPSA) is 41.1 Å². The Balaban J connectivity index is 1.66. The van der Waals surface area contributed by atoms with Gasteiger partial charge in [-0.15, -0.1) is 0 Å². The summed E-state index contributed by atoms with van der Waals surface area (Å²) in [4.78, 5) is 10.7. The Bertz CT molecular complexity index is 794. The SMILES string of the molecule is C/C=C(\C=C/CCN(c1ncnc(NCC2CCC(C)CC2)c1CF)C1CC1)C(F)(F)F. The lowest BCUT2D eigenvalue weighted by molar-refractivity contribution is -0.0883. The van der Waals surface area contributed by atoms with Gasteiger partial charge in [0.25, 0.3) is 0 Å². The summed E-state index contributed by atoms with van der Waals surface area (Å²) in [5, 5.41) is 3.35. The lowest BCUT2D eigenvalue weighted by Gasteiger charge is -2.28. The minimum absolute atomic E-state index is 0.250. The third-order valence-corrected chi connectivity index (χ3v) is 6.48. The van der Waals surface area contributed by atoms with Crippen molar-refractivity contribution in [2.24, 2.45) is 11.8 Å². The molecule has 0 aliphatic heterocycles. The molecule has 32 heavy (non-hydrogen) atoms. The predicted molar refractivity (Wildman–Crippen MR) is 120 cm³/mol. The van der Waals surface area contributed by atoms with E-state index in [1.54, 1.807) is 0 Å². The lowest BCUT2D eigenvalue weighted by atomic mass is 9.83. The second kappa shape index (κ2) is 11.1. The van der Waals surface area contributed by atoms with E-state index in [4.69, 9.17) is 0 Å². The monoisotopic (exact) mass is 454 g/mol. The van der Waals surface area contributed by atoms with Gasteiger partial charge in [-0.05, 0) is 50.9 Å². The van der Waals surface area contributed by atoms with Gasteiger partial charge in [-0.2, -0.15) is 13.2 Å². The number of anilines is 2. The van der Waals surface area contributed by atoms with Crippen molar-refractivity contribution in [2.45, 2.75) is 77.7 Å². The van der Waals surface area contributed by atoms with E-state index in [9.17, 15) is 17.6 Å². The summed E-state index contributed by atoms with van der Waals surface area (Å²) in [7, 11) is 0. The molecular weight excluding hydrogens is 420 g/mol. The highest BCUT2D eigenvalue weighted by Gasteiger charge is 2.33. The molecule has 2 fully saturated rings. The Hall–Kier alpha value is -2.12. The number of nitrogens with zero attached hydrogens (tertiary/aromatic N) is 3. The maximum absolute atomic E-state index is 14.1. The number of rotatable bonds is 10. The number of nitrogens with one attached hydrogen (secondary N) is 1. The molecule has 0 radical (unpaired) electrons. The highest BCUT2D eigenvalue weighted by atomic mass is 19.4. The van der Waals surface area contributed by atoms with E-state index in [1.807, 2.05) is 4.90 Å². The molecule has 1 N–H and O–H groups in total. The van der Waals surface area contributed by atoms with Crippen molar-refractivity contribution in [1.29, 1.82) is 0 Å². The standard InChI is InChI=1S/C24H34F4N4/c1-3-19(24(26,27)28)6-4-5-13-32(20-11-12-20)23-21(14-25)22(30-16-31-23)29-15-18-9-7-17(2)8-10-18/h3-4,6,16-18,20H,5,7-15H2,1-2H3,(H,29,30,31)/b6-4-,19-3+. The minimum Gasteiger partial charge on any atom is -0.369 e. The van der Waals surface area contributed by atoms with Crippen LogP contribution < -0.4 is 10.2 Å². The molecule has 2 aliphatic rings. The van der Waals surface area contributed by atoms with Crippen LogP contribution in [0.3, 0.4) is 0 Å². The van der Waals surface area contributed by atoms with E-state index in [0.717, 1.165) is 37.5 Å². The molecule has 0 saturated heterocycles. The van der Waals surface area contributed by atoms with E-state index < -0.39 is 18.4 Å². The molecule has 178 valence electrons. The molecule has 0 unspecified atom stereocenters. The van der Waals surface area contributed by atoms with Crippen molar-refractivity contribution in [3.05, 3.63) is 35.7 Å². The lowest BCUT2D eigenvalue weighted by Crippen LogP contribution is -2.29. The predicted octanol–water partition coefficient (Wildman–Crippen LogP) is 6.61. The van der Waals surface area contributed by atoms with Crippen LogP contribution in [0.25, 0.3) is 0 Å². The van der Waals surface area contributed by atoms with Gasteiger partial charge in [0.15, 0.2) is 0 Å². The van der Waals surface area contributed by atoms with Crippen LogP contribution in [-0.2, 0) is 6.67 Å². The maximum Gasteiger partial charge on any atom is 0.416 e. The van der Waals surface area contributed by atoms with E-state index >= 15 is 0 Å². The first-order valence-electron chi connectivity index (χ1n) is 11.6. The van der Waals surface area contributed by atoms with E-state index in [-0.39, 0.29) is 6.04 Å². The highest BCUT2D eigenvalue weighted by Crippen LogP contribution is 2.35. The number of halogens is 4. The van der Waals surface area contributed by atoms with Gasteiger partial charge in [0, 0.05) is 19.1 Å². The highest BCUT2D eigenvalue weighted by molar-refractivity contribution is 5.59. The summed E-state index contributed by atoms with van der Waals surface area (Å²) in [6.07, 6.45) is 7.96. The zero-order valence-electron chi connectivity index (χ0n) is 19.0. The molecule has 3 rings (SSSR count). The maximum atomic E-state index is 14.1. The molecule has 1 aromatic heterocycles. The van der Waals surface area contributed by atoms with E-state index in [2.05, 4.69) is 22.2 Å². The van der Waals surface area contributed by atoms with E-state index in [0.29, 0.717) is 36.1 Å². The van der Waals surface area contributed by atoms with Crippen LogP contribution in [-0.4, -0.2) is 35.3 Å². The molecule has 8 heteroatoms. The van der Waals surface area contributed by atoms with Crippen molar-refractivity contribution < 1.29 is 17.6 Å². The Morgan fingerprint density at radius 1 is 1.16 bits per heavy atom. The van der Waals surface area contributed by atoms with Crippen LogP contribution in [0.2, 0.25) is 0 Å². The summed E-state index contributed by atoms with van der Waals surface area (Å²) in [5.74, 6) is 2.43. The zero-order chi connectivity index (χ0) is 23.1. The molecule has 0 atom stereocenters.